The van der Waals surface area contributed by atoms with Crippen molar-refractivity contribution in [3.8, 4) is 0 Å². The third kappa shape index (κ3) is 3.33. The molecule has 0 saturated carbocycles. The second-order valence-electron chi connectivity index (χ2n) is 6.08. The fourth-order valence-corrected chi connectivity index (χ4v) is 3.23. The summed E-state index contributed by atoms with van der Waals surface area (Å²) in [6, 6.07) is 8.71. The largest absolute Gasteiger partial charge is 0.349 e. The second-order valence-corrected chi connectivity index (χ2v) is 6.51. The number of imide groups is 1. The van der Waals surface area contributed by atoms with E-state index in [1.54, 1.807) is 30.3 Å². The van der Waals surface area contributed by atoms with Crippen LogP contribution in [0.5, 0.6) is 0 Å². The number of carbonyl (C=O) groups is 2. The molecule has 1 aliphatic heterocycles. The van der Waals surface area contributed by atoms with Crippen LogP contribution in [-0.2, 0) is 17.9 Å². The first-order valence-electron chi connectivity index (χ1n) is 8.16. The van der Waals surface area contributed by atoms with E-state index in [1.165, 1.54) is 4.90 Å². The van der Waals surface area contributed by atoms with Gasteiger partial charge < -0.3 is 9.88 Å². The second kappa shape index (κ2) is 6.76. The molecule has 6 heteroatoms. The summed E-state index contributed by atoms with van der Waals surface area (Å²) >= 11 is 5.87. The summed E-state index contributed by atoms with van der Waals surface area (Å²) in [5, 5.41) is 3.29. The Kier molecular flexibility index (Phi) is 4.68. The van der Waals surface area contributed by atoms with Crippen molar-refractivity contribution in [1.29, 1.82) is 0 Å². The highest BCUT2D eigenvalue weighted by atomic mass is 35.5. The molecule has 0 unspecified atom stereocenters. The van der Waals surface area contributed by atoms with Crippen molar-refractivity contribution in [3.05, 3.63) is 63.6 Å². The number of nitrogens with one attached hydrogen (secondary N) is 1. The molecule has 0 spiro atoms. The van der Waals surface area contributed by atoms with Gasteiger partial charge in [-0.05, 0) is 56.2 Å². The molecule has 2 heterocycles. The van der Waals surface area contributed by atoms with E-state index >= 15 is 0 Å². The third-order valence-electron chi connectivity index (χ3n) is 4.45. The fraction of sp³-hybridized carbons (Fsp3) is 0.263. The van der Waals surface area contributed by atoms with Gasteiger partial charge in [0.2, 0.25) is 0 Å². The Labute approximate surface area is 151 Å². The summed E-state index contributed by atoms with van der Waals surface area (Å²) in [6.45, 7) is 7.19. The SMILES string of the molecule is CCn1c(C)cc(C=C2NC(=O)N(Cc3ccc(Cl)cc3)C2=O)c1C. The van der Waals surface area contributed by atoms with E-state index in [1.807, 2.05) is 19.9 Å². The summed E-state index contributed by atoms with van der Waals surface area (Å²) in [5.41, 5.74) is 4.29. The molecule has 0 aliphatic carbocycles. The predicted octanol–water partition coefficient (Wildman–Crippen LogP) is 3.87. The molecule has 0 atom stereocenters. The molecule has 1 saturated heterocycles. The van der Waals surface area contributed by atoms with Gasteiger partial charge in [-0.2, -0.15) is 0 Å². The van der Waals surface area contributed by atoms with Crippen molar-refractivity contribution < 1.29 is 9.59 Å². The highest BCUT2D eigenvalue weighted by molar-refractivity contribution is 6.30. The van der Waals surface area contributed by atoms with E-state index in [0.29, 0.717) is 10.7 Å². The van der Waals surface area contributed by atoms with Crippen molar-refractivity contribution in [2.45, 2.75) is 33.9 Å². The van der Waals surface area contributed by atoms with Gasteiger partial charge in [0.15, 0.2) is 0 Å². The summed E-state index contributed by atoms with van der Waals surface area (Å²) in [4.78, 5) is 26.0. The quantitative estimate of drug-likeness (QED) is 0.667. The average Bonchev–Trinajstić information content (AvgIpc) is 2.99. The van der Waals surface area contributed by atoms with Gasteiger partial charge in [-0.25, -0.2) is 4.79 Å². The highest BCUT2D eigenvalue weighted by Gasteiger charge is 2.33. The van der Waals surface area contributed by atoms with Gasteiger partial charge in [-0.1, -0.05) is 23.7 Å². The summed E-state index contributed by atoms with van der Waals surface area (Å²) < 4.78 is 2.17. The zero-order valence-electron chi connectivity index (χ0n) is 14.5. The van der Waals surface area contributed by atoms with E-state index in [4.69, 9.17) is 11.6 Å². The molecule has 1 fully saturated rings. The number of rotatable bonds is 4. The number of nitrogens with zero attached hydrogens (tertiary/aromatic N) is 2. The number of hydrogen-bond donors (Lipinski definition) is 1. The van der Waals surface area contributed by atoms with E-state index in [-0.39, 0.29) is 12.5 Å². The number of aryl methyl sites for hydroxylation is 1. The first-order valence-corrected chi connectivity index (χ1v) is 8.54. The number of urea groups is 1. The Morgan fingerprint density at radius 2 is 1.84 bits per heavy atom. The molecule has 0 bridgehead atoms. The molecule has 1 N–H and O–H groups in total. The third-order valence-corrected chi connectivity index (χ3v) is 4.70. The zero-order valence-corrected chi connectivity index (χ0v) is 15.2. The Bertz CT molecular complexity index is 866. The van der Waals surface area contributed by atoms with Gasteiger partial charge in [-0.15, -0.1) is 0 Å². The lowest BCUT2D eigenvalue weighted by Gasteiger charge is -2.11. The maximum atomic E-state index is 12.6. The number of aromatic nitrogens is 1. The standard InChI is InChI=1S/C19H20ClN3O2/c1-4-22-12(2)9-15(13(22)3)10-17-18(24)23(19(25)21-17)11-14-5-7-16(20)8-6-14/h5-10H,4,11H2,1-3H3,(H,21,25). The molecule has 3 amide bonds. The van der Waals surface area contributed by atoms with Crippen LogP contribution in [0.15, 0.2) is 36.0 Å². The van der Waals surface area contributed by atoms with Gasteiger partial charge in [0.05, 0.1) is 6.54 Å². The molecule has 1 aliphatic rings. The lowest BCUT2D eigenvalue weighted by molar-refractivity contribution is -0.123. The first kappa shape index (κ1) is 17.3. The number of benzene rings is 1. The smallest absolute Gasteiger partial charge is 0.329 e. The molecular formula is C19H20ClN3O2. The van der Waals surface area contributed by atoms with Gasteiger partial charge in [0.1, 0.15) is 5.70 Å². The minimum Gasteiger partial charge on any atom is -0.349 e. The van der Waals surface area contributed by atoms with Gasteiger partial charge in [-0.3, -0.25) is 9.69 Å². The summed E-state index contributed by atoms with van der Waals surface area (Å²) in [5.74, 6) is -0.318. The Hall–Kier alpha value is -2.53. The van der Waals surface area contributed by atoms with E-state index in [0.717, 1.165) is 29.1 Å². The fourth-order valence-electron chi connectivity index (χ4n) is 3.10. The Balaban J connectivity index is 1.84. The van der Waals surface area contributed by atoms with Crippen LogP contribution < -0.4 is 5.32 Å². The van der Waals surface area contributed by atoms with Crippen LogP contribution in [-0.4, -0.2) is 21.4 Å². The monoisotopic (exact) mass is 357 g/mol. The highest BCUT2D eigenvalue weighted by Crippen LogP contribution is 2.21. The molecule has 25 heavy (non-hydrogen) atoms. The number of halogens is 1. The van der Waals surface area contributed by atoms with Crippen LogP contribution >= 0.6 is 11.6 Å². The minimum absolute atomic E-state index is 0.215. The van der Waals surface area contributed by atoms with Gasteiger partial charge >= 0.3 is 6.03 Å². The molecular weight excluding hydrogens is 338 g/mol. The molecule has 130 valence electrons. The number of amides is 3. The zero-order chi connectivity index (χ0) is 18.1. The summed E-state index contributed by atoms with van der Waals surface area (Å²) in [6.07, 6.45) is 1.75. The minimum atomic E-state index is -0.407. The maximum absolute atomic E-state index is 12.6. The van der Waals surface area contributed by atoms with Crippen molar-refractivity contribution in [2.75, 3.05) is 0 Å². The van der Waals surface area contributed by atoms with Gasteiger partial charge in [0.25, 0.3) is 5.91 Å². The Morgan fingerprint density at radius 1 is 1.16 bits per heavy atom. The molecule has 2 aromatic rings. The molecule has 1 aromatic carbocycles. The van der Waals surface area contributed by atoms with Crippen LogP contribution in [0.4, 0.5) is 4.79 Å². The van der Waals surface area contributed by atoms with Crippen LogP contribution in [0, 0.1) is 13.8 Å². The van der Waals surface area contributed by atoms with Crippen LogP contribution in [0.25, 0.3) is 6.08 Å². The van der Waals surface area contributed by atoms with E-state index in [2.05, 4.69) is 16.8 Å². The lowest BCUT2D eigenvalue weighted by Crippen LogP contribution is -2.30. The molecule has 5 nitrogen and oxygen atoms in total. The molecule has 1 aromatic heterocycles. The van der Waals surface area contributed by atoms with Crippen LogP contribution in [0.3, 0.4) is 0 Å². The molecule has 3 rings (SSSR count). The summed E-state index contributed by atoms with van der Waals surface area (Å²) in [7, 11) is 0. The van der Waals surface area contributed by atoms with Crippen LogP contribution in [0.1, 0.15) is 29.4 Å². The maximum Gasteiger partial charge on any atom is 0.329 e. The van der Waals surface area contributed by atoms with Crippen molar-refractivity contribution in [2.24, 2.45) is 0 Å². The van der Waals surface area contributed by atoms with Crippen molar-refractivity contribution in [3.63, 3.8) is 0 Å². The normalized spacial score (nSPS) is 16.0. The van der Waals surface area contributed by atoms with Crippen molar-refractivity contribution >= 4 is 29.6 Å². The Morgan fingerprint density at radius 3 is 2.44 bits per heavy atom. The number of hydrogen-bond acceptors (Lipinski definition) is 2. The first-order chi connectivity index (χ1) is 11.9. The van der Waals surface area contributed by atoms with E-state index < -0.39 is 6.03 Å². The van der Waals surface area contributed by atoms with Crippen molar-refractivity contribution in [1.82, 2.24) is 14.8 Å². The number of carbonyl (C=O) groups excluding carboxylic acids is 2. The van der Waals surface area contributed by atoms with E-state index in [9.17, 15) is 9.59 Å². The predicted molar refractivity (Wildman–Crippen MR) is 98.1 cm³/mol. The lowest BCUT2D eigenvalue weighted by atomic mass is 10.2. The van der Waals surface area contributed by atoms with Gasteiger partial charge in [0, 0.05) is 23.0 Å². The topological polar surface area (TPSA) is 54.3 Å². The average molecular weight is 358 g/mol. The molecule has 0 radical (unpaired) electrons. The van der Waals surface area contributed by atoms with Crippen LogP contribution in [0.2, 0.25) is 5.02 Å².